The van der Waals surface area contributed by atoms with E-state index < -0.39 is 0 Å². The number of aromatic nitrogens is 3. The molecule has 0 aliphatic rings. The zero-order chi connectivity index (χ0) is 36.3. The van der Waals surface area contributed by atoms with Crippen molar-refractivity contribution in [2.45, 2.75) is 0 Å². The summed E-state index contributed by atoms with van der Waals surface area (Å²) in [6.07, 6.45) is 0. The van der Waals surface area contributed by atoms with E-state index in [0.29, 0.717) is 17.5 Å². The third-order valence-corrected chi connectivity index (χ3v) is 10.7. The molecule has 2 aromatic heterocycles. The van der Waals surface area contributed by atoms with Crippen LogP contribution in [0, 0.1) is 0 Å². The second kappa shape index (κ2) is 12.6. The maximum Gasteiger partial charge on any atom is 0.164 e. The molecule has 0 unspecified atom stereocenters. The lowest BCUT2D eigenvalue weighted by atomic mass is 9.93. The highest BCUT2D eigenvalue weighted by molar-refractivity contribution is 6.25. The van der Waals surface area contributed by atoms with Gasteiger partial charge in [-0.15, -0.1) is 0 Å². The average molecular weight is 702 g/mol. The molecule has 0 aliphatic heterocycles. The fourth-order valence-corrected chi connectivity index (χ4v) is 8.08. The Bertz CT molecular complexity index is 3210. The van der Waals surface area contributed by atoms with E-state index in [2.05, 4.69) is 170 Å². The van der Waals surface area contributed by atoms with Gasteiger partial charge in [0.15, 0.2) is 17.5 Å². The first-order valence-electron chi connectivity index (χ1n) is 18.5. The van der Waals surface area contributed by atoms with Crippen molar-refractivity contribution >= 4 is 54.3 Å². The molecule has 55 heavy (non-hydrogen) atoms. The van der Waals surface area contributed by atoms with Gasteiger partial charge in [-0.3, -0.25) is 0 Å². The van der Waals surface area contributed by atoms with Crippen LogP contribution >= 0.6 is 0 Å². The number of hydrogen-bond acceptors (Lipinski definition) is 4. The van der Waals surface area contributed by atoms with Crippen molar-refractivity contribution < 1.29 is 4.42 Å². The molecule has 11 rings (SSSR count). The molecule has 0 saturated carbocycles. The third kappa shape index (κ3) is 5.26. The van der Waals surface area contributed by atoms with Crippen molar-refractivity contribution in [2.24, 2.45) is 0 Å². The van der Waals surface area contributed by atoms with Gasteiger partial charge in [-0.05, 0) is 78.8 Å². The lowest BCUT2D eigenvalue weighted by Gasteiger charge is -2.13. The number of furan rings is 1. The largest absolute Gasteiger partial charge is 0.456 e. The lowest BCUT2D eigenvalue weighted by Crippen LogP contribution is -2.00. The molecular formula is C51H31N3O. The summed E-state index contributed by atoms with van der Waals surface area (Å²) in [6.45, 7) is 0. The fourth-order valence-electron chi connectivity index (χ4n) is 8.08. The van der Waals surface area contributed by atoms with E-state index in [-0.39, 0.29) is 0 Å². The highest BCUT2D eigenvalue weighted by atomic mass is 16.3. The molecule has 0 saturated heterocycles. The highest BCUT2D eigenvalue weighted by Crippen LogP contribution is 2.40. The Morgan fingerprint density at radius 3 is 1.36 bits per heavy atom. The van der Waals surface area contributed by atoms with E-state index in [1.165, 1.54) is 32.3 Å². The number of rotatable bonds is 5. The van der Waals surface area contributed by atoms with Gasteiger partial charge in [-0.2, -0.15) is 0 Å². The average Bonchev–Trinajstić information content (AvgIpc) is 3.65. The van der Waals surface area contributed by atoms with Crippen LogP contribution in [0.1, 0.15) is 0 Å². The van der Waals surface area contributed by atoms with Crippen LogP contribution in [-0.2, 0) is 0 Å². The van der Waals surface area contributed by atoms with E-state index in [9.17, 15) is 0 Å². The monoisotopic (exact) mass is 701 g/mol. The zero-order valence-electron chi connectivity index (χ0n) is 29.6. The molecular weight excluding hydrogens is 671 g/mol. The molecule has 256 valence electrons. The lowest BCUT2D eigenvalue weighted by molar-refractivity contribution is 0.669. The van der Waals surface area contributed by atoms with Crippen LogP contribution < -0.4 is 0 Å². The van der Waals surface area contributed by atoms with Crippen LogP contribution in [0.2, 0.25) is 0 Å². The summed E-state index contributed by atoms with van der Waals surface area (Å²) in [5.74, 6) is 1.81. The van der Waals surface area contributed by atoms with Crippen LogP contribution in [0.5, 0.6) is 0 Å². The van der Waals surface area contributed by atoms with Gasteiger partial charge in [0.25, 0.3) is 0 Å². The second-order valence-corrected chi connectivity index (χ2v) is 14.0. The van der Waals surface area contributed by atoms with Gasteiger partial charge in [-0.1, -0.05) is 164 Å². The zero-order valence-corrected chi connectivity index (χ0v) is 29.6. The molecule has 0 spiro atoms. The SMILES string of the molecule is c1ccc(-c2ccc(-c3nc(-c4ccc5c(c4)oc4cccc(-c6ccccc6)c45)nc(-c4ccc5c6ccccc6c6ccccc6c5c4)n3)cc2)cc1. The van der Waals surface area contributed by atoms with E-state index in [1.54, 1.807) is 0 Å². The molecule has 4 heteroatoms. The molecule has 0 aliphatic carbocycles. The summed E-state index contributed by atoms with van der Waals surface area (Å²) in [5, 5.41) is 9.43. The van der Waals surface area contributed by atoms with Crippen molar-refractivity contribution in [1.29, 1.82) is 0 Å². The maximum absolute atomic E-state index is 6.51. The smallest absolute Gasteiger partial charge is 0.164 e. The van der Waals surface area contributed by atoms with E-state index >= 15 is 0 Å². The Hall–Kier alpha value is -7.43. The fraction of sp³-hybridized carbons (Fsp3) is 0. The van der Waals surface area contributed by atoms with Crippen LogP contribution in [0.15, 0.2) is 192 Å². The number of nitrogens with zero attached hydrogens (tertiary/aromatic N) is 3. The van der Waals surface area contributed by atoms with Crippen LogP contribution in [-0.4, -0.2) is 15.0 Å². The Balaban J connectivity index is 1.10. The molecule has 2 heterocycles. The summed E-state index contributed by atoms with van der Waals surface area (Å²) < 4.78 is 6.51. The first kappa shape index (κ1) is 31.1. The van der Waals surface area contributed by atoms with Crippen molar-refractivity contribution in [3.63, 3.8) is 0 Å². The van der Waals surface area contributed by atoms with Gasteiger partial charge in [0.05, 0.1) is 0 Å². The van der Waals surface area contributed by atoms with Gasteiger partial charge < -0.3 is 4.42 Å². The minimum atomic E-state index is 0.584. The van der Waals surface area contributed by atoms with Gasteiger partial charge in [0.2, 0.25) is 0 Å². The topological polar surface area (TPSA) is 51.8 Å². The minimum Gasteiger partial charge on any atom is -0.456 e. The van der Waals surface area contributed by atoms with Gasteiger partial charge in [0.1, 0.15) is 11.2 Å². The van der Waals surface area contributed by atoms with Crippen LogP contribution in [0.25, 0.3) is 111 Å². The quantitative estimate of drug-likeness (QED) is 0.168. The maximum atomic E-state index is 6.51. The van der Waals surface area contributed by atoms with Crippen molar-refractivity contribution in [3.05, 3.63) is 188 Å². The highest BCUT2D eigenvalue weighted by Gasteiger charge is 2.18. The second-order valence-electron chi connectivity index (χ2n) is 14.0. The minimum absolute atomic E-state index is 0.584. The molecule has 11 aromatic rings. The summed E-state index contributed by atoms with van der Waals surface area (Å²) >= 11 is 0. The van der Waals surface area contributed by atoms with Crippen molar-refractivity contribution in [1.82, 2.24) is 15.0 Å². The van der Waals surface area contributed by atoms with Gasteiger partial charge in [-0.25, -0.2) is 15.0 Å². The Labute approximate surface area is 317 Å². The normalized spacial score (nSPS) is 11.6. The molecule has 0 radical (unpaired) electrons. The summed E-state index contributed by atoms with van der Waals surface area (Å²) in [4.78, 5) is 15.4. The van der Waals surface area contributed by atoms with Gasteiger partial charge in [0, 0.05) is 27.5 Å². The number of hydrogen-bond donors (Lipinski definition) is 0. The van der Waals surface area contributed by atoms with E-state index in [1.807, 2.05) is 18.2 Å². The Kier molecular flexibility index (Phi) is 7.14. The van der Waals surface area contributed by atoms with E-state index in [4.69, 9.17) is 19.4 Å². The molecule has 0 fully saturated rings. The first-order valence-corrected chi connectivity index (χ1v) is 18.5. The number of benzene rings is 9. The van der Waals surface area contributed by atoms with Crippen LogP contribution in [0.4, 0.5) is 0 Å². The molecule has 0 amide bonds. The number of fused-ring (bicyclic) bond motifs is 9. The molecule has 0 bridgehead atoms. The van der Waals surface area contributed by atoms with Crippen LogP contribution in [0.3, 0.4) is 0 Å². The van der Waals surface area contributed by atoms with E-state index in [0.717, 1.165) is 60.9 Å². The predicted octanol–water partition coefficient (Wildman–Crippen LogP) is 13.6. The summed E-state index contributed by atoms with van der Waals surface area (Å²) in [7, 11) is 0. The molecule has 0 atom stereocenters. The predicted molar refractivity (Wildman–Crippen MR) is 227 cm³/mol. The molecule has 4 nitrogen and oxygen atoms in total. The first-order chi connectivity index (χ1) is 27.2. The summed E-state index contributed by atoms with van der Waals surface area (Å²) in [5.41, 5.74) is 8.93. The third-order valence-electron chi connectivity index (χ3n) is 10.7. The van der Waals surface area contributed by atoms with Crippen molar-refractivity contribution in [2.75, 3.05) is 0 Å². The Morgan fingerprint density at radius 1 is 0.273 bits per heavy atom. The standard InChI is InChI=1S/C51H31N3O/c1-3-12-32(13-4-1)33-22-24-35(25-23-33)49-52-50(36-26-28-43-41-18-8-7-16-39(41)40-17-9-10-19-42(40)45(43)30-36)54-51(53-49)37-27-29-44-47(31-37)55-46-21-11-20-38(48(44)46)34-14-5-2-6-15-34/h1-31H. The molecule has 9 aromatic carbocycles. The van der Waals surface area contributed by atoms with Gasteiger partial charge >= 0.3 is 0 Å². The van der Waals surface area contributed by atoms with Crippen molar-refractivity contribution in [3.8, 4) is 56.4 Å². The summed E-state index contributed by atoms with van der Waals surface area (Å²) in [6, 6.07) is 65.7. The Morgan fingerprint density at radius 2 is 0.727 bits per heavy atom. The molecule has 0 N–H and O–H groups in total.